The number of rotatable bonds is 4. The molecule has 0 saturated carbocycles. The van der Waals surface area contributed by atoms with Gasteiger partial charge in [0.25, 0.3) is 0 Å². The van der Waals surface area contributed by atoms with Gasteiger partial charge in [0.05, 0.1) is 17.7 Å². The van der Waals surface area contributed by atoms with Gasteiger partial charge in [0.1, 0.15) is 6.61 Å². The lowest BCUT2D eigenvalue weighted by molar-refractivity contribution is 0.198. The Hall–Kier alpha value is -2.38. The summed E-state index contributed by atoms with van der Waals surface area (Å²) in [5.74, 6) is -0.431. The molecule has 0 bridgehead atoms. The smallest absolute Gasteiger partial charge is 0.165 e. The molecule has 0 aliphatic carbocycles. The first-order chi connectivity index (χ1) is 9.61. The van der Waals surface area contributed by atoms with E-state index in [0.29, 0.717) is 16.7 Å². The summed E-state index contributed by atoms with van der Waals surface area (Å²) in [6.07, 6.45) is -0.724. The molecule has 0 amide bonds. The van der Waals surface area contributed by atoms with Gasteiger partial charge in [0.2, 0.25) is 0 Å². The summed E-state index contributed by atoms with van der Waals surface area (Å²) >= 11 is 0. The van der Waals surface area contributed by atoms with E-state index in [4.69, 9.17) is 10.00 Å². The van der Waals surface area contributed by atoms with Crippen LogP contribution in [0.4, 0.5) is 4.39 Å². The lowest BCUT2D eigenvalue weighted by atomic mass is 10.1. The van der Waals surface area contributed by atoms with E-state index in [0.717, 1.165) is 0 Å². The molecule has 4 heteroatoms. The van der Waals surface area contributed by atoms with E-state index in [1.54, 1.807) is 37.3 Å². The minimum atomic E-state index is -0.724. The molecule has 2 aromatic carbocycles. The maximum absolute atomic E-state index is 13.8. The van der Waals surface area contributed by atoms with Crippen molar-refractivity contribution in [2.45, 2.75) is 19.6 Å². The number of halogens is 1. The van der Waals surface area contributed by atoms with E-state index in [-0.39, 0.29) is 12.4 Å². The van der Waals surface area contributed by atoms with Crippen molar-refractivity contribution >= 4 is 0 Å². The van der Waals surface area contributed by atoms with E-state index in [1.807, 2.05) is 0 Å². The van der Waals surface area contributed by atoms with Crippen molar-refractivity contribution < 1.29 is 14.2 Å². The van der Waals surface area contributed by atoms with Gasteiger partial charge in [-0.1, -0.05) is 24.3 Å². The number of hydrogen-bond acceptors (Lipinski definition) is 3. The summed E-state index contributed by atoms with van der Waals surface area (Å²) in [4.78, 5) is 0. The summed E-state index contributed by atoms with van der Waals surface area (Å²) in [7, 11) is 0. The van der Waals surface area contributed by atoms with Crippen molar-refractivity contribution in [1.29, 1.82) is 5.26 Å². The fraction of sp³-hybridized carbons (Fsp3) is 0.188. The first kappa shape index (κ1) is 14.0. The number of benzene rings is 2. The number of nitrogens with zero attached hydrogens (tertiary/aromatic N) is 1. The van der Waals surface area contributed by atoms with Crippen molar-refractivity contribution in [2.75, 3.05) is 0 Å². The predicted molar refractivity (Wildman–Crippen MR) is 72.5 cm³/mol. The lowest BCUT2D eigenvalue weighted by Crippen LogP contribution is -2.01. The van der Waals surface area contributed by atoms with E-state index < -0.39 is 11.9 Å². The van der Waals surface area contributed by atoms with Gasteiger partial charge in [-0.05, 0) is 30.7 Å². The highest BCUT2D eigenvalue weighted by Gasteiger charge is 2.09. The maximum atomic E-state index is 13.8. The molecule has 0 aromatic heterocycles. The van der Waals surface area contributed by atoms with Crippen molar-refractivity contribution in [1.82, 2.24) is 0 Å². The molecule has 0 unspecified atom stereocenters. The quantitative estimate of drug-likeness (QED) is 0.928. The highest BCUT2D eigenvalue weighted by molar-refractivity contribution is 5.37. The van der Waals surface area contributed by atoms with Gasteiger partial charge in [-0.15, -0.1) is 0 Å². The van der Waals surface area contributed by atoms with Crippen molar-refractivity contribution in [2.24, 2.45) is 0 Å². The minimum absolute atomic E-state index is 0.0992. The third-order valence-corrected chi connectivity index (χ3v) is 2.96. The second-order valence-corrected chi connectivity index (χ2v) is 4.42. The Labute approximate surface area is 116 Å². The number of nitriles is 1. The summed E-state index contributed by atoms with van der Waals surface area (Å²) in [5.41, 5.74) is 1.70. The van der Waals surface area contributed by atoms with Gasteiger partial charge >= 0.3 is 0 Å². The largest absolute Gasteiger partial charge is 0.486 e. The third-order valence-electron chi connectivity index (χ3n) is 2.96. The van der Waals surface area contributed by atoms with Crippen LogP contribution in [0.3, 0.4) is 0 Å². The van der Waals surface area contributed by atoms with E-state index in [9.17, 15) is 9.50 Å². The Kier molecular flexibility index (Phi) is 4.34. The van der Waals surface area contributed by atoms with E-state index in [2.05, 4.69) is 6.07 Å². The van der Waals surface area contributed by atoms with Crippen LogP contribution in [0.2, 0.25) is 0 Å². The van der Waals surface area contributed by atoms with Crippen LogP contribution in [-0.2, 0) is 6.61 Å². The second kappa shape index (κ2) is 6.18. The standard InChI is InChI=1S/C16H14FNO2/c1-11(19)12-6-7-16(15(17)8-12)20-10-14-5-3-2-4-13(14)9-18/h2-8,11,19H,10H2,1H3/t11-/m1/s1. The highest BCUT2D eigenvalue weighted by Crippen LogP contribution is 2.23. The van der Waals surface area contributed by atoms with Crippen LogP contribution in [0.15, 0.2) is 42.5 Å². The lowest BCUT2D eigenvalue weighted by Gasteiger charge is -2.10. The monoisotopic (exact) mass is 271 g/mol. The molecule has 0 radical (unpaired) electrons. The Morgan fingerprint density at radius 3 is 2.70 bits per heavy atom. The second-order valence-electron chi connectivity index (χ2n) is 4.42. The summed E-state index contributed by atoms with van der Waals surface area (Å²) < 4.78 is 19.2. The number of hydrogen-bond donors (Lipinski definition) is 1. The summed E-state index contributed by atoms with van der Waals surface area (Å²) in [6, 6.07) is 13.4. The maximum Gasteiger partial charge on any atom is 0.165 e. The molecule has 20 heavy (non-hydrogen) atoms. The molecule has 0 fully saturated rings. The van der Waals surface area contributed by atoms with Gasteiger partial charge < -0.3 is 9.84 Å². The number of aliphatic hydroxyl groups excluding tert-OH is 1. The first-order valence-electron chi connectivity index (χ1n) is 6.20. The number of aliphatic hydroxyl groups is 1. The Morgan fingerprint density at radius 1 is 1.30 bits per heavy atom. The summed E-state index contributed by atoms with van der Waals surface area (Å²) in [6.45, 7) is 1.69. The van der Waals surface area contributed by atoms with Crippen LogP contribution in [-0.4, -0.2) is 5.11 Å². The van der Waals surface area contributed by atoms with Gasteiger partial charge in [0.15, 0.2) is 11.6 Å². The molecule has 3 nitrogen and oxygen atoms in total. The third kappa shape index (κ3) is 3.14. The Morgan fingerprint density at radius 2 is 2.05 bits per heavy atom. The molecule has 102 valence electrons. The van der Waals surface area contributed by atoms with Crippen molar-refractivity contribution in [3.05, 3.63) is 65.0 Å². The normalized spacial score (nSPS) is 11.7. The fourth-order valence-electron chi connectivity index (χ4n) is 1.80. The van der Waals surface area contributed by atoms with E-state index >= 15 is 0 Å². The summed E-state index contributed by atoms with van der Waals surface area (Å²) in [5, 5.41) is 18.3. The zero-order valence-electron chi connectivity index (χ0n) is 11.0. The molecule has 2 aromatic rings. The molecular weight excluding hydrogens is 257 g/mol. The molecule has 0 saturated heterocycles. The zero-order valence-corrected chi connectivity index (χ0v) is 11.0. The van der Waals surface area contributed by atoms with Crippen LogP contribution in [0.5, 0.6) is 5.75 Å². The van der Waals surface area contributed by atoms with Crippen LogP contribution in [0.25, 0.3) is 0 Å². The SMILES string of the molecule is C[C@@H](O)c1ccc(OCc2ccccc2C#N)c(F)c1. The molecule has 0 aliphatic heterocycles. The average Bonchev–Trinajstić information content (AvgIpc) is 2.46. The van der Waals surface area contributed by atoms with Crippen LogP contribution >= 0.6 is 0 Å². The molecule has 0 spiro atoms. The van der Waals surface area contributed by atoms with Gasteiger partial charge in [0, 0.05) is 5.56 Å². The minimum Gasteiger partial charge on any atom is -0.486 e. The molecular formula is C16H14FNO2. The molecule has 1 N–H and O–H groups in total. The van der Waals surface area contributed by atoms with Crippen LogP contribution in [0.1, 0.15) is 29.7 Å². The fourth-order valence-corrected chi connectivity index (χ4v) is 1.80. The van der Waals surface area contributed by atoms with E-state index in [1.165, 1.54) is 12.1 Å². The van der Waals surface area contributed by atoms with Crippen molar-refractivity contribution in [3.8, 4) is 11.8 Å². The van der Waals surface area contributed by atoms with Gasteiger partial charge in [-0.3, -0.25) is 0 Å². The zero-order chi connectivity index (χ0) is 14.5. The Bertz CT molecular complexity index is 647. The molecule has 1 atom stereocenters. The molecule has 2 rings (SSSR count). The Balaban J connectivity index is 2.14. The van der Waals surface area contributed by atoms with Gasteiger partial charge in [-0.25, -0.2) is 4.39 Å². The highest BCUT2D eigenvalue weighted by atomic mass is 19.1. The number of ether oxygens (including phenoxy) is 1. The molecule has 0 heterocycles. The van der Waals surface area contributed by atoms with Gasteiger partial charge in [-0.2, -0.15) is 5.26 Å². The molecule has 0 aliphatic rings. The van der Waals surface area contributed by atoms with Crippen molar-refractivity contribution in [3.63, 3.8) is 0 Å². The average molecular weight is 271 g/mol. The first-order valence-corrected chi connectivity index (χ1v) is 6.20. The van der Waals surface area contributed by atoms with Crippen LogP contribution in [0, 0.1) is 17.1 Å². The predicted octanol–water partition coefficient (Wildman–Crippen LogP) is 3.33. The topological polar surface area (TPSA) is 53.2 Å². The van der Waals surface area contributed by atoms with Crippen LogP contribution < -0.4 is 4.74 Å².